The second kappa shape index (κ2) is 6.76. The van der Waals surface area contributed by atoms with Gasteiger partial charge in [-0.2, -0.15) is 5.10 Å². The maximum Gasteiger partial charge on any atom is 0.157 e. The lowest BCUT2D eigenvalue weighted by atomic mass is 10.1. The molecule has 3 rings (SSSR count). The number of aromatic nitrogens is 2. The summed E-state index contributed by atoms with van der Waals surface area (Å²) in [7, 11) is 0. The molecule has 1 saturated carbocycles. The van der Waals surface area contributed by atoms with Crippen molar-refractivity contribution in [2.24, 2.45) is 0 Å². The molecule has 4 nitrogen and oxygen atoms in total. The normalized spacial score (nSPS) is 14.3. The highest BCUT2D eigenvalue weighted by atomic mass is 16.5. The second-order valence-electron chi connectivity index (χ2n) is 5.65. The van der Waals surface area contributed by atoms with Crippen molar-refractivity contribution in [3.8, 4) is 5.75 Å². The molecule has 1 aliphatic rings. The highest BCUT2D eigenvalue weighted by Gasteiger charge is 2.20. The Morgan fingerprint density at radius 3 is 2.86 bits per heavy atom. The number of rotatable bonds is 8. The summed E-state index contributed by atoms with van der Waals surface area (Å²) in [4.78, 5) is 0. The first-order valence-corrected chi connectivity index (χ1v) is 7.80. The zero-order chi connectivity index (χ0) is 14.5. The van der Waals surface area contributed by atoms with E-state index in [2.05, 4.69) is 41.6 Å². The van der Waals surface area contributed by atoms with Gasteiger partial charge < -0.3 is 10.1 Å². The van der Waals surface area contributed by atoms with Crippen molar-refractivity contribution in [3.63, 3.8) is 0 Å². The molecule has 1 aliphatic carbocycles. The third-order valence-corrected chi connectivity index (χ3v) is 3.73. The van der Waals surface area contributed by atoms with E-state index in [1.807, 2.05) is 10.9 Å². The van der Waals surface area contributed by atoms with Crippen molar-refractivity contribution in [1.29, 1.82) is 0 Å². The van der Waals surface area contributed by atoms with Gasteiger partial charge in [0.1, 0.15) is 6.61 Å². The van der Waals surface area contributed by atoms with E-state index < -0.39 is 0 Å². The van der Waals surface area contributed by atoms with E-state index in [9.17, 15) is 0 Å². The number of ether oxygens (including phenoxy) is 1. The lowest BCUT2D eigenvalue weighted by Crippen LogP contribution is -2.16. The van der Waals surface area contributed by atoms with Crippen LogP contribution in [0.2, 0.25) is 0 Å². The van der Waals surface area contributed by atoms with Gasteiger partial charge in [0.15, 0.2) is 5.75 Å². The quantitative estimate of drug-likeness (QED) is 0.810. The Labute approximate surface area is 126 Å². The summed E-state index contributed by atoms with van der Waals surface area (Å²) < 4.78 is 7.80. The Morgan fingerprint density at radius 2 is 2.10 bits per heavy atom. The first kappa shape index (κ1) is 14.1. The zero-order valence-corrected chi connectivity index (χ0v) is 12.6. The number of hydrogen-bond donors (Lipinski definition) is 1. The van der Waals surface area contributed by atoms with Crippen LogP contribution in [0.4, 0.5) is 0 Å². The van der Waals surface area contributed by atoms with Gasteiger partial charge in [0.05, 0.1) is 12.4 Å². The van der Waals surface area contributed by atoms with Crippen LogP contribution in [0.25, 0.3) is 0 Å². The summed E-state index contributed by atoms with van der Waals surface area (Å²) >= 11 is 0. The number of aryl methyl sites for hydroxylation is 1. The first-order chi connectivity index (χ1) is 10.3. The van der Waals surface area contributed by atoms with E-state index in [-0.39, 0.29) is 0 Å². The van der Waals surface area contributed by atoms with Crippen molar-refractivity contribution in [2.45, 2.75) is 51.9 Å². The summed E-state index contributed by atoms with van der Waals surface area (Å²) in [5.41, 5.74) is 2.57. The van der Waals surface area contributed by atoms with Crippen LogP contribution >= 0.6 is 0 Å². The topological polar surface area (TPSA) is 39.1 Å². The van der Waals surface area contributed by atoms with E-state index in [1.165, 1.54) is 24.0 Å². The summed E-state index contributed by atoms with van der Waals surface area (Å²) in [6.07, 6.45) is 7.47. The van der Waals surface area contributed by atoms with Crippen molar-refractivity contribution < 1.29 is 4.74 Å². The van der Waals surface area contributed by atoms with Gasteiger partial charge in [-0.15, -0.1) is 0 Å². The van der Waals surface area contributed by atoms with Crippen LogP contribution in [-0.4, -0.2) is 15.8 Å². The molecular formula is C17H23N3O. The van der Waals surface area contributed by atoms with Crippen LogP contribution in [0.5, 0.6) is 5.75 Å². The molecule has 1 aromatic carbocycles. The summed E-state index contributed by atoms with van der Waals surface area (Å²) in [5, 5.41) is 7.85. The number of benzene rings is 1. The molecule has 1 aromatic heterocycles. The average molecular weight is 285 g/mol. The highest BCUT2D eigenvalue weighted by Crippen LogP contribution is 2.20. The van der Waals surface area contributed by atoms with Gasteiger partial charge in [0, 0.05) is 19.1 Å². The average Bonchev–Trinajstić information content (AvgIpc) is 3.23. The lowest BCUT2D eigenvalue weighted by molar-refractivity contribution is 0.304. The maximum atomic E-state index is 5.87. The van der Waals surface area contributed by atoms with Crippen LogP contribution < -0.4 is 10.1 Å². The Balaban J connectivity index is 1.58. The van der Waals surface area contributed by atoms with Crippen LogP contribution in [0.15, 0.2) is 36.7 Å². The smallest absolute Gasteiger partial charge is 0.157 e. The van der Waals surface area contributed by atoms with Crippen molar-refractivity contribution in [1.82, 2.24) is 15.1 Å². The molecule has 0 bridgehead atoms. The van der Waals surface area contributed by atoms with Crippen LogP contribution in [0.3, 0.4) is 0 Å². The van der Waals surface area contributed by atoms with Crippen LogP contribution in [0.1, 0.15) is 37.3 Å². The molecule has 0 unspecified atom stereocenters. The molecule has 1 N–H and O–H groups in total. The third kappa shape index (κ3) is 4.08. The van der Waals surface area contributed by atoms with E-state index >= 15 is 0 Å². The monoisotopic (exact) mass is 285 g/mol. The van der Waals surface area contributed by atoms with Crippen LogP contribution in [-0.2, 0) is 19.7 Å². The predicted octanol–water partition coefficient (Wildman–Crippen LogP) is 3.12. The van der Waals surface area contributed by atoms with E-state index in [0.29, 0.717) is 6.61 Å². The molecule has 4 heteroatoms. The lowest BCUT2D eigenvalue weighted by Gasteiger charge is -2.10. The maximum absolute atomic E-state index is 5.87. The molecular weight excluding hydrogens is 262 g/mol. The molecule has 1 heterocycles. The fraction of sp³-hybridized carbons (Fsp3) is 0.471. The largest absolute Gasteiger partial charge is 0.486 e. The van der Waals surface area contributed by atoms with Gasteiger partial charge >= 0.3 is 0 Å². The van der Waals surface area contributed by atoms with Crippen LogP contribution in [0, 0.1) is 0 Å². The number of nitrogens with zero attached hydrogens (tertiary/aromatic N) is 2. The Kier molecular flexibility index (Phi) is 4.55. The molecule has 21 heavy (non-hydrogen) atoms. The van der Waals surface area contributed by atoms with E-state index in [1.54, 1.807) is 6.20 Å². The Morgan fingerprint density at radius 1 is 1.29 bits per heavy atom. The van der Waals surface area contributed by atoms with Crippen molar-refractivity contribution >= 4 is 0 Å². The molecule has 0 atom stereocenters. The molecule has 112 valence electrons. The number of nitrogens with one attached hydrogen (secondary N) is 1. The molecule has 0 amide bonds. The standard InChI is InChI=1S/C17H23N3O/c1-2-9-20-12-17(11-19-20)21-13-15-6-4-3-5-14(15)10-18-16-7-8-16/h3-6,11-12,16,18H,2,7-10,13H2,1H3. The van der Waals surface area contributed by atoms with Gasteiger partial charge in [0.25, 0.3) is 0 Å². The van der Waals surface area contributed by atoms with Gasteiger partial charge in [-0.3, -0.25) is 4.68 Å². The highest BCUT2D eigenvalue weighted by molar-refractivity contribution is 5.27. The van der Waals surface area contributed by atoms with Gasteiger partial charge in [-0.25, -0.2) is 0 Å². The van der Waals surface area contributed by atoms with Crippen molar-refractivity contribution in [2.75, 3.05) is 0 Å². The SMILES string of the molecule is CCCn1cc(OCc2ccccc2CNC2CC2)cn1. The minimum absolute atomic E-state index is 0.598. The zero-order valence-electron chi connectivity index (χ0n) is 12.6. The fourth-order valence-corrected chi connectivity index (χ4v) is 2.34. The third-order valence-electron chi connectivity index (χ3n) is 3.73. The molecule has 0 saturated heterocycles. The molecule has 1 fully saturated rings. The number of hydrogen-bond acceptors (Lipinski definition) is 3. The van der Waals surface area contributed by atoms with Gasteiger partial charge in [-0.05, 0) is 30.4 Å². The molecule has 0 spiro atoms. The summed E-state index contributed by atoms with van der Waals surface area (Å²) in [6.45, 7) is 4.61. The first-order valence-electron chi connectivity index (χ1n) is 7.80. The minimum Gasteiger partial charge on any atom is -0.486 e. The van der Waals surface area contributed by atoms with Gasteiger partial charge in [0.2, 0.25) is 0 Å². The minimum atomic E-state index is 0.598. The van der Waals surface area contributed by atoms with Gasteiger partial charge in [-0.1, -0.05) is 31.2 Å². The fourth-order valence-electron chi connectivity index (χ4n) is 2.34. The second-order valence-corrected chi connectivity index (χ2v) is 5.65. The van der Waals surface area contributed by atoms with E-state index in [4.69, 9.17) is 4.74 Å². The Hall–Kier alpha value is -1.81. The summed E-state index contributed by atoms with van der Waals surface area (Å²) in [5.74, 6) is 0.841. The van der Waals surface area contributed by atoms with E-state index in [0.717, 1.165) is 31.3 Å². The molecule has 2 aromatic rings. The summed E-state index contributed by atoms with van der Waals surface area (Å²) in [6, 6.07) is 9.20. The van der Waals surface area contributed by atoms with Crippen molar-refractivity contribution in [3.05, 3.63) is 47.8 Å². The predicted molar refractivity (Wildman–Crippen MR) is 83.2 cm³/mol. The Bertz CT molecular complexity index is 575. The molecule has 0 aliphatic heterocycles. The molecule has 0 radical (unpaired) electrons.